The molecule has 2 aromatic carbocycles. The zero-order chi connectivity index (χ0) is 21.8. The molecule has 0 bridgehead atoms. The van der Waals surface area contributed by atoms with Crippen LogP contribution < -0.4 is 19.9 Å². The van der Waals surface area contributed by atoms with Gasteiger partial charge in [0.25, 0.3) is 5.91 Å². The number of ether oxygens (including phenoxy) is 4. The maximum Gasteiger partial charge on any atom is 0.253 e. The number of nitrogens with two attached hydrogens (primary N) is 1. The number of likely N-dealkylation sites (tertiary alicyclic amines) is 1. The summed E-state index contributed by atoms with van der Waals surface area (Å²) < 4.78 is 22.7. The minimum absolute atomic E-state index is 0. The third kappa shape index (κ3) is 4.65. The zero-order valence-electron chi connectivity index (χ0n) is 18.6. The highest BCUT2D eigenvalue weighted by atomic mass is 35.5. The number of hydrogen-bond acceptors (Lipinski definition) is 6. The number of methoxy groups -OCH3 is 2. The Morgan fingerprint density at radius 1 is 1.09 bits per heavy atom. The molecule has 1 spiro atoms. The lowest BCUT2D eigenvalue weighted by Gasteiger charge is -2.45. The molecule has 0 saturated carbocycles. The Morgan fingerprint density at radius 2 is 1.88 bits per heavy atom. The van der Waals surface area contributed by atoms with Crippen molar-refractivity contribution in [3.05, 3.63) is 53.1 Å². The van der Waals surface area contributed by atoms with Crippen LogP contribution in [0.15, 0.2) is 36.4 Å². The number of rotatable bonds is 6. The average molecular weight is 463 g/mol. The summed E-state index contributed by atoms with van der Waals surface area (Å²) in [5.74, 6) is 1.98. The lowest BCUT2D eigenvalue weighted by molar-refractivity contribution is -0.0935. The molecule has 4 rings (SSSR count). The molecule has 2 heterocycles. The molecule has 1 amide bonds. The Morgan fingerprint density at radius 3 is 2.56 bits per heavy atom. The van der Waals surface area contributed by atoms with Crippen LogP contribution in [0.1, 0.15) is 34.3 Å². The van der Waals surface area contributed by atoms with Crippen molar-refractivity contribution in [1.29, 1.82) is 0 Å². The van der Waals surface area contributed by atoms with Gasteiger partial charge in [-0.2, -0.15) is 0 Å². The van der Waals surface area contributed by atoms with Gasteiger partial charge in [0.2, 0.25) is 0 Å². The van der Waals surface area contributed by atoms with Crippen LogP contribution >= 0.6 is 12.4 Å². The van der Waals surface area contributed by atoms with Crippen LogP contribution in [0.5, 0.6) is 17.2 Å². The number of carbonyl (C=O) groups excluding carboxylic acids is 1. The van der Waals surface area contributed by atoms with E-state index in [2.05, 4.69) is 12.1 Å². The molecular formula is C24H31ClN2O5. The molecule has 2 aliphatic heterocycles. The Bertz CT molecular complexity index is 944. The molecule has 2 N–H and O–H groups in total. The van der Waals surface area contributed by atoms with Gasteiger partial charge in [-0.1, -0.05) is 6.07 Å². The van der Waals surface area contributed by atoms with Gasteiger partial charge in [-0.3, -0.25) is 4.79 Å². The summed E-state index contributed by atoms with van der Waals surface area (Å²) in [7, 11) is 3.26. The monoisotopic (exact) mass is 462 g/mol. The normalized spacial score (nSPS) is 16.7. The molecule has 1 fully saturated rings. The fraction of sp³-hybridized carbons (Fsp3) is 0.458. The Balaban J connectivity index is 0.00000289. The maximum absolute atomic E-state index is 13.2. The van der Waals surface area contributed by atoms with Crippen LogP contribution in [0.4, 0.5) is 0 Å². The summed E-state index contributed by atoms with van der Waals surface area (Å²) in [6.07, 6.45) is 2.42. The van der Waals surface area contributed by atoms with E-state index in [-0.39, 0.29) is 23.9 Å². The fourth-order valence-corrected chi connectivity index (χ4v) is 4.54. The van der Waals surface area contributed by atoms with Gasteiger partial charge in [0, 0.05) is 25.2 Å². The van der Waals surface area contributed by atoms with E-state index in [9.17, 15) is 4.79 Å². The van der Waals surface area contributed by atoms with E-state index >= 15 is 0 Å². The number of hydrogen-bond donors (Lipinski definition) is 1. The highest BCUT2D eigenvalue weighted by molar-refractivity contribution is 5.95. The largest absolute Gasteiger partial charge is 0.497 e. The van der Waals surface area contributed by atoms with E-state index in [1.54, 1.807) is 32.4 Å². The summed E-state index contributed by atoms with van der Waals surface area (Å²) in [6, 6.07) is 11.5. The van der Waals surface area contributed by atoms with Gasteiger partial charge in [0.05, 0.1) is 26.4 Å². The second-order valence-electron chi connectivity index (χ2n) is 7.91. The molecular weight excluding hydrogens is 432 g/mol. The Kier molecular flexibility index (Phi) is 7.87. The smallest absolute Gasteiger partial charge is 0.253 e. The second kappa shape index (κ2) is 10.4. The number of benzene rings is 2. The van der Waals surface area contributed by atoms with Gasteiger partial charge in [-0.15, -0.1) is 12.4 Å². The number of amides is 1. The Labute approximate surface area is 195 Å². The van der Waals surface area contributed by atoms with Crippen LogP contribution in [-0.2, 0) is 16.8 Å². The number of nitrogens with zero attached hydrogens (tertiary/aromatic N) is 1. The SMILES string of the molecule is COc1ccc2c(c1)CCOC21CCN(C(=O)c2ccc(OC)c(OCCN)c2)CC1.Cl. The number of piperidine rings is 1. The van der Waals surface area contributed by atoms with E-state index < -0.39 is 0 Å². The summed E-state index contributed by atoms with van der Waals surface area (Å²) in [6.45, 7) is 2.71. The van der Waals surface area contributed by atoms with Crippen molar-refractivity contribution in [3.63, 3.8) is 0 Å². The van der Waals surface area contributed by atoms with Gasteiger partial charge in [-0.05, 0) is 60.7 Å². The number of halogens is 1. The van der Waals surface area contributed by atoms with E-state index in [0.29, 0.717) is 49.9 Å². The van der Waals surface area contributed by atoms with Crippen LogP contribution in [0, 0.1) is 0 Å². The summed E-state index contributed by atoms with van der Waals surface area (Å²) >= 11 is 0. The molecule has 32 heavy (non-hydrogen) atoms. The molecule has 1 saturated heterocycles. The predicted octanol–water partition coefficient (Wildman–Crippen LogP) is 3.17. The van der Waals surface area contributed by atoms with Crippen molar-refractivity contribution in [2.75, 3.05) is 47.1 Å². The lowest BCUT2D eigenvalue weighted by Crippen LogP contribution is -2.48. The van der Waals surface area contributed by atoms with E-state index in [4.69, 9.17) is 24.7 Å². The minimum atomic E-state index is -0.327. The lowest BCUT2D eigenvalue weighted by atomic mass is 9.79. The summed E-state index contributed by atoms with van der Waals surface area (Å²) in [4.78, 5) is 15.1. The highest BCUT2D eigenvalue weighted by Gasteiger charge is 2.41. The minimum Gasteiger partial charge on any atom is -0.497 e. The Hall–Kier alpha value is -2.48. The standard InChI is InChI=1S/C24H30N2O5.ClH/c1-28-19-4-5-20-17(15-19)7-13-31-24(20)8-11-26(12-9-24)23(27)18-3-6-21(29-2)22(16-18)30-14-10-25;/h3-6,15-16H,7-14,25H2,1-2H3;1H. The first-order valence-corrected chi connectivity index (χ1v) is 10.7. The van der Waals surface area contributed by atoms with Crippen molar-refractivity contribution >= 4 is 18.3 Å². The molecule has 8 heteroatoms. The molecule has 0 aliphatic carbocycles. The first kappa shape index (κ1) is 24.2. The van der Waals surface area contributed by atoms with E-state index in [1.165, 1.54) is 11.1 Å². The zero-order valence-corrected chi connectivity index (χ0v) is 19.4. The summed E-state index contributed by atoms with van der Waals surface area (Å²) in [5, 5.41) is 0. The van der Waals surface area contributed by atoms with Crippen molar-refractivity contribution in [1.82, 2.24) is 4.90 Å². The van der Waals surface area contributed by atoms with E-state index in [0.717, 1.165) is 25.0 Å². The molecule has 2 aromatic rings. The van der Waals surface area contributed by atoms with Crippen LogP contribution in [0.3, 0.4) is 0 Å². The fourth-order valence-electron chi connectivity index (χ4n) is 4.54. The average Bonchev–Trinajstić information content (AvgIpc) is 2.82. The first-order valence-electron chi connectivity index (χ1n) is 10.7. The third-order valence-electron chi connectivity index (χ3n) is 6.20. The van der Waals surface area contributed by atoms with Crippen molar-refractivity contribution in [3.8, 4) is 17.2 Å². The van der Waals surface area contributed by atoms with Gasteiger partial charge in [0.15, 0.2) is 11.5 Å². The third-order valence-corrected chi connectivity index (χ3v) is 6.20. The highest BCUT2D eigenvalue weighted by Crippen LogP contribution is 2.42. The van der Waals surface area contributed by atoms with Gasteiger partial charge in [-0.25, -0.2) is 0 Å². The maximum atomic E-state index is 13.2. The summed E-state index contributed by atoms with van der Waals surface area (Å²) in [5.41, 5.74) is 8.31. The van der Waals surface area contributed by atoms with E-state index in [1.807, 2.05) is 11.0 Å². The van der Waals surface area contributed by atoms with Crippen LogP contribution in [0.2, 0.25) is 0 Å². The first-order chi connectivity index (χ1) is 15.1. The molecule has 2 aliphatic rings. The quantitative estimate of drug-likeness (QED) is 0.710. The molecule has 7 nitrogen and oxygen atoms in total. The van der Waals surface area contributed by atoms with Crippen molar-refractivity contribution in [2.45, 2.75) is 24.9 Å². The second-order valence-corrected chi connectivity index (χ2v) is 7.91. The van der Waals surface area contributed by atoms with Crippen molar-refractivity contribution < 1.29 is 23.7 Å². The topological polar surface area (TPSA) is 83.2 Å². The molecule has 0 unspecified atom stereocenters. The van der Waals surface area contributed by atoms with Crippen molar-refractivity contribution in [2.24, 2.45) is 5.73 Å². The van der Waals surface area contributed by atoms with Crippen LogP contribution in [-0.4, -0.2) is 57.9 Å². The molecule has 0 aromatic heterocycles. The number of carbonyl (C=O) groups is 1. The van der Waals surface area contributed by atoms with Gasteiger partial charge in [0.1, 0.15) is 12.4 Å². The van der Waals surface area contributed by atoms with Gasteiger partial charge < -0.3 is 29.6 Å². The number of fused-ring (bicyclic) bond motifs is 2. The van der Waals surface area contributed by atoms with Gasteiger partial charge >= 0.3 is 0 Å². The molecule has 0 radical (unpaired) electrons. The molecule has 174 valence electrons. The molecule has 0 atom stereocenters. The van der Waals surface area contributed by atoms with Crippen LogP contribution in [0.25, 0.3) is 0 Å². The predicted molar refractivity (Wildman–Crippen MR) is 124 cm³/mol.